The Morgan fingerprint density at radius 2 is 2.35 bits per heavy atom. The van der Waals surface area contributed by atoms with E-state index in [0.717, 1.165) is 0 Å². The Morgan fingerprint density at radius 3 is 3.09 bits per heavy atom. The molecule has 7 nitrogen and oxygen atoms in total. The van der Waals surface area contributed by atoms with Crippen molar-refractivity contribution >= 4 is 28.7 Å². The molecule has 2 rings (SSSR count). The summed E-state index contributed by atoms with van der Waals surface area (Å²) in [4.78, 5) is 15.6. The Labute approximate surface area is 137 Å². The fourth-order valence-electron chi connectivity index (χ4n) is 1.76. The summed E-state index contributed by atoms with van der Waals surface area (Å²) in [7, 11) is 1.52. The predicted octanol–water partition coefficient (Wildman–Crippen LogP) is 2.41. The Kier molecular flexibility index (Phi) is 5.93. The number of esters is 1. The maximum absolute atomic E-state index is 11.4. The molecule has 122 valence electrons. The zero-order valence-electron chi connectivity index (χ0n) is 12.8. The Hall–Kier alpha value is -2.61. The van der Waals surface area contributed by atoms with Gasteiger partial charge in [0.2, 0.25) is 5.13 Å². The number of phenolic OH excluding ortho intramolecular Hbond substituents is 1. The van der Waals surface area contributed by atoms with Crippen molar-refractivity contribution in [2.75, 3.05) is 19.1 Å². The van der Waals surface area contributed by atoms with Crippen molar-refractivity contribution in [1.29, 1.82) is 0 Å². The Balaban J connectivity index is 1.96. The van der Waals surface area contributed by atoms with Crippen LogP contribution in [0.3, 0.4) is 0 Å². The number of hydrogen-bond donors (Lipinski definition) is 2. The van der Waals surface area contributed by atoms with Crippen molar-refractivity contribution in [2.24, 2.45) is 5.10 Å². The number of nitrogens with zero attached hydrogens (tertiary/aromatic N) is 2. The molecule has 0 aliphatic heterocycles. The summed E-state index contributed by atoms with van der Waals surface area (Å²) in [6.07, 6.45) is 1.70. The average Bonchev–Trinajstić information content (AvgIpc) is 2.96. The molecule has 0 saturated heterocycles. The van der Waals surface area contributed by atoms with Crippen molar-refractivity contribution < 1.29 is 19.4 Å². The molecule has 0 aliphatic rings. The summed E-state index contributed by atoms with van der Waals surface area (Å²) >= 11 is 1.34. The predicted molar refractivity (Wildman–Crippen MR) is 88.3 cm³/mol. The van der Waals surface area contributed by atoms with Crippen LogP contribution in [0.5, 0.6) is 11.5 Å². The molecule has 2 aromatic rings. The van der Waals surface area contributed by atoms with Crippen LogP contribution in [-0.2, 0) is 16.0 Å². The van der Waals surface area contributed by atoms with E-state index in [1.807, 2.05) is 0 Å². The fraction of sp³-hybridized carbons (Fsp3) is 0.267. The highest BCUT2D eigenvalue weighted by Crippen LogP contribution is 2.22. The van der Waals surface area contributed by atoms with E-state index in [0.29, 0.717) is 28.7 Å². The Morgan fingerprint density at radius 1 is 1.52 bits per heavy atom. The first kappa shape index (κ1) is 16.8. The van der Waals surface area contributed by atoms with E-state index in [1.165, 1.54) is 24.5 Å². The van der Waals surface area contributed by atoms with Gasteiger partial charge in [-0.2, -0.15) is 5.10 Å². The van der Waals surface area contributed by atoms with Crippen LogP contribution in [0.1, 0.15) is 18.2 Å². The van der Waals surface area contributed by atoms with Gasteiger partial charge in [0.1, 0.15) is 11.5 Å². The molecule has 0 unspecified atom stereocenters. The zero-order valence-corrected chi connectivity index (χ0v) is 13.6. The number of anilines is 1. The lowest BCUT2D eigenvalue weighted by Gasteiger charge is -2.04. The second kappa shape index (κ2) is 8.14. The number of methoxy groups -OCH3 is 1. The number of thiazole rings is 1. The van der Waals surface area contributed by atoms with Crippen molar-refractivity contribution in [3.8, 4) is 11.5 Å². The number of carbonyl (C=O) groups excluding carboxylic acids is 1. The quantitative estimate of drug-likeness (QED) is 0.458. The van der Waals surface area contributed by atoms with Crippen LogP contribution in [0.2, 0.25) is 0 Å². The third kappa shape index (κ3) is 4.96. The number of hydrogen-bond acceptors (Lipinski definition) is 8. The van der Waals surface area contributed by atoms with Crippen LogP contribution in [0.25, 0.3) is 0 Å². The molecular formula is C15H17N3O4S. The van der Waals surface area contributed by atoms with E-state index in [9.17, 15) is 9.90 Å². The number of nitrogens with one attached hydrogen (secondary N) is 1. The van der Waals surface area contributed by atoms with Gasteiger partial charge in [-0.25, -0.2) is 4.98 Å². The van der Waals surface area contributed by atoms with Crippen LogP contribution in [0.4, 0.5) is 5.13 Å². The molecule has 0 bridgehead atoms. The number of phenols is 1. The third-order valence-corrected chi connectivity index (χ3v) is 3.56. The summed E-state index contributed by atoms with van der Waals surface area (Å²) in [5.74, 6) is 0.329. The smallest absolute Gasteiger partial charge is 0.311 e. The lowest BCUT2D eigenvalue weighted by atomic mass is 10.2. The van der Waals surface area contributed by atoms with Crippen molar-refractivity contribution in [1.82, 2.24) is 4.98 Å². The standard InChI is InChI=1S/C15H17N3O4S/c1-3-22-14(20)6-11-9-23-15(17-11)18-16-8-10-4-5-12(19)7-13(10)21-2/h4-5,7-9,19H,3,6H2,1-2H3,(H,17,18). The van der Waals surface area contributed by atoms with Gasteiger partial charge in [-0.15, -0.1) is 11.3 Å². The topological polar surface area (TPSA) is 93.0 Å². The monoisotopic (exact) mass is 335 g/mol. The first-order valence-electron chi connectivity index (χ1n) is 6.88. The van der Waals surface area contributed by atoms with E-state index < -0.39 is 0 Å². The van der Waals surface area contributed by atoms with E-state index in [1.54, 1.807) is 30.7 Å². The molecule has 0 atom stereocenters. The molecular weight excluding hydrogens is 318 g/mol. The minimum atomic E-state index is -0.304. The number of benzene rings is 1. The van der Waals surface area contributed by atoms with Gasteiger partial charge >= 0.3 is 5.97 Å². The van der Waals surface area contributed by atoms with E-state index in [-0.39, 0.29) is 18.1 Å². The maximum atomic E-state index is 11.4. The number of hydrazone groups is 1. The number of carbonyl (C=O) groups is 1. The molecule has 0 amide bonds. The number of aromatic hydroxyl groups is 1. The molecule has 8 heteroatoms. The summed E-state index contributed by atoms with van der Waals surface area (Å²) in [5, 5.41) is 15.8. The van der Waals surface area contributed by atoms with E-state index in [4.69, 9.17) is 9.47 Å². The van der Waals surface area contributed by atoms with Gasteiger partial charge in [0.25, 0.3) is 0 Å². The minimum Gasteiger partial charge on any atom is -0.508 e. The average molecular weight is 335 g/mol. The van der Waals surface area contributed by atoms with Gasteiger partial charge in [0.15, 0.2) is 0 Å². The van der Waals surface area contributed by atoms with Gasteiger partial charge in [-0.1, -0.05) is 0 Å². The summed E-state index contributed by atoms with van der Waals surface area (Å²) < 4.78 is 10.0. The van der Waals surface area contributed by atoms with Gasteiger partial charge in [0, 0.05) is 17.0 Å². The zero-order chi connectivity index (χ0) is 16.7. The molecule has 1 aromatic heterocycles. The van der Waals surface area contributed by atoms with Crippen LogP contribution in [-0.4, -0.2) is 36.0 Å². The first-order chi connectivity index (χ1) is 11.1. The van der Waals surface area contributed by atoms with Crippen molar-refractivity contribution in [3.05, 3.63) is 34.8 Å². The molecule has 0 aliphatic carbocycles. The SMILES string of the molecule is CCOC(=O)Cc1csc(NN=Cc2ccc(O)cc2OC)n1. The van der Waals surface area contributed by atoms with Crippen LogP contribution in [0, 0.1) is 0 Å². The lowest BCUT2D eigenvalue weighted by molar-refractivity contribution is -0.142. The molecule has 0 fully saturated rings. The Bertz CT molecular complexity index is 700. The summed E-state index contributed by atoms with van der Waals surface area (Å²) in [6, 6.07) is 4.74. The summed E-state index contributed by atoms with van der Waals surface area (Å²) in [5.41, 5.74) is 4.13. The normalized spacial score (nSPS) is 10.7. The maximum Gasteiger partial charge on any atom is 0.311 e. The van der Waals surface area contributed by atoms with E-state index >= 15 is 0 Å². The van der Waals surface area contributed by atoms with E-state index in [2.05, 4.69) is 15.5 Å². The first-order valence-corrected chi connectivity index (χ1v) is 7.76. The second-order valence-corrected chi connectivity index (χ2v) is 5.28. The molecule has 1 heterocycles. The van der Waals surface area contributed by atoms with Crippen molar-refractivity contribution in [3.63, 3.8) is 0 Å². The highest BCUT2D eigenvalue weighted by atomic mass is 32.1. The minimum absolute atomic E-state index is 0.121. The molecule has 23 heavy (non-hydrogen) atoms. The molecule has 0 spiro atoms. The highest BCUT2D eigenvalue weighted by molar-refractivity contribution is 7.13. The fourth-order valence-corrected chi connectivity index (χ4v) is 2.42. The van der Waals surface area contributed by atoms with Gasteiger partial charge in [-0.3, -0.25) is 10.2 Å². The lowest BCUT2D eigenvalue weighted by Crippen LogP contribution is -2.07. The van der Waals surface area contributed by atoms with Gasteiger partial charge in [0.05, 0.1) is 32.0 Å². The molecule has 2 N–H and O–H groups in total. The number of rotatable bonds is 7. The number of aromatic nitrogens is 1. The third-order valence-electron chi connectivity index (χ3n) is 2.76. The second-order valence-electron chi connectivity index (χ2n) is 4.42. The van der Waals surface area contributed by atoms with Gasteiger partial charge in [-0.05, 0) is 19.1 Å². The highest BCUT2D eigenvalue weighted by Gasteiger charge is 2.08. The van der Waals surface area contributed by atoms with Crippen LogP contribution in [0.15, 0.2) is 28.7 Å². The van der Waals surface area contributed by atoms with Crippen LogP contribution < -0.4 is 10.2 Å². The molecule has 1 aromatic carbocycles. The van der Waals surface area contributed by atoms with Gasteiger partial charge < -0.3 is 14.6 Å². The summed E-state index contributed by atoms with van der Waals surface area (Å²) in [6.45, 7) is 2.12. The number of ether oxygens (including phenoxy) is 2. The molecule has 0 radical (unpaired) electrons. The van der Waals surface area contributed by atoms with Crippen LogP contribution >= 0.6 is 11.3 Å². The largest absolute Gasteiger partial charge is 0.508 e. The van der Waals surface area contributed by atoms with Crippen molar-refractivity contribution in [2.45, 2.75) is 13.3 Å². The molecule has 0 saturated carbocycles.